The minimum Gasteiger partial charge on any atom is -0.493 e. The Bertz CT molecular complexity index is 433. The summed E-state index contributed by atoms with van der Waals surface area (Å²) in [5, 5.41) is 0. The fourth-order valence-electron chi connectivity index (χ4n) is 1.49. The Hall–Kier alpha value is -1.71. The molecule has 4 heteroatoms. The molecule has 0 fully saturated rings. The van der Waals surface area contributed by atoms with Gasteiger partial charge in [-0.2, -0.15) is 0 Å². The molecule has 100 valence electrons. The molecule has 0 bridgehead atoms. The number of benzene rings is 1. The molecule has 0 atom stereocenters. The Morgan fingerprint density at radius 3 is 2.00 bits per heavy atom. The van der Waals surface area contributed by atoms with E-state index in [4.69, 9.17) is 14.2 Å². The maximum Gasteiger partial charge on any atom is 0.203 e. The van der Waals surface area contributed by atoms with Crippen LogP contribution in [0.25, 0.3) is 0 Å². The van der Waals surface area contributed by atoms with Gasteiger partial charge in [0.25, 0.3) is 0 Å². The average Bonchev–Trinajstić information content (AvgIpc) is 2.33. The van der Waals surface area contributed by atoms with Crippen molar-refractivity contribution in [2.75, 3.05) is 21.3 Å². The Balaban J connectivity index is 3.25. The predicted molar refractivity (Wildman–Crippen MR) is 73.4 cm³/mol. The molecule has 0 spiro atoms. The molecule has 0 aliphatic carbocycles. The van der Waals surface area contributed by atoms with Crippen LogP contribution in [0.4, 0.5) is 0 Å². The lowest BCUT2D eigenvalue weighted by atomic mass is 10.1. The van der Waals surface area contributed by atoms with E-state index in [1.54, 1.807) is 27.5 Å². The highest BCUT2D eigenvalue weighted by Crippen LogP contribution is 2.39. The zero-order valence-electron chi connectivity index (χ0n) is 11.9. The summed E-state index contributed by atoms with van der Waals surface area (Å²) in [6.07, 6.45) is 1.79. The van der Waals surface area contributed by atoms with Gasteiger partial charge in [-0.05, 0) is 32.9 Å². The molecule has 0 aliphatic rings. The molecule has 0 heterocycles. The monoisotopic (exact) mass is 251 g/mol. The second kappa shape index (κ2) is 5.76. The van der Waals surface area contributed by atoms with E-state index >= 15 is 0 Å². The van der Waals surface area contributed by atoms with Gasteiger partial charge in [0, 0.05) is 11.8 Å². The molecule has 18 heavy (non-hydrogen) atoms. The van der Waals surface area contributed by atoms with E-state index < -0.39 is 0 Å². The van der Waals surface area contributed by atoms with Crippen molar-refractivity contribution in [3.63, 3.8) is 0 Å². The number of ether oxygens (including phenoxy) is 3. The number of hydrogen-bond acceptors (Lipinski definition) is 4. The van der Waals surface area contributed by atoms with Crippen molar-refractivity contribution in [1.82, 2.24) is 0 Å². The number of hydrogen-bond donors (Lipinski definition) is 0. The van der Waals surface area contributed by atoms with Gasteiger partial charge in [0.2, 0.25) is 5.75 Å². The highest BCUT2D eigenvalue weighted by Gasteiger charge is 2.15. The summed E-state index contributed by atoms with van der Waals surface area (Å²) >= 11 is 0. The number of rotatable bonds is 4. The average molecular weight is 251 g/mol. The molecule has 0 amide bonds. The highest BCUT2D eigenvalue weighted by molar-refractivity contribution is 5.86. The van der Waals surface area contributed by atoms with Crippen LogP contribution < -0.4 is 14.2 Å². The SMILES string of the molecule is COc1ccc(C=NC(C)(C)C)c(OC)c1OC. The molecule has 4 nitrogen and oxygen atoms in total. The molecule has 0 saturated heterocycles. The molecule has 1 rings (SSSR count). The van der Waals surface area contributed by atoms with Crippen LogP contribution >= 0.6 is 0 Å². The first kappa shape index (κ1) is 14.4. The molecule has 1 aromatic carbocycles. The van der Waals surface area contributed by atoms with Gasteiger partial charge >= 0.3 is 0 Å². The van der Waals surface area contributed by atoms with Gasteiger partial charge in [-0.1, -0.05) is 0 Å². The van der Waals surface area contributed by atoms with Gasteiger partial charge < -0.3 is 14.2 Å². The number of aliphatic imine (C=N–C) groups is 1. The highest BCUT2D eigenvalue weighted by atomic mass is 16.5. The topological polar surface area (TPSA) is 40.0 Å². The quantitative estimate of drug-likeness (QED) is 0.772. The van der Waals surface area contributed by atoms with Crippen molar-refractivity contribution in [2.24, 2.45) is 4.99 Å². The van der Waals surface area contributed by atoms with Gasteiger partial charge in [0.15, 0.2) is 11.5 Å². The molecular formula is C14H21NO3. The van der Waals surface area contributed by atoms with Gasteiger partial charge in [0.05, 0.1) is 26.9 Å². The molecular weight excluding hydrogens is 230 g/mol. The second-order valence-corrected chi connectivity index (χ2v) is 4.85. The first-order valence-electron chi connectivity index (χ1n) is 5.77. The minimum absolute atomic E-state index is 0.127. The molecule has 0 radical (unpaired) electrons. The van der Waals surface area contributed by atoms with Crippen LogP contribution in [-0.2, 0) is 0 Å². The summed E-state index contributed by atoms with van der Waals surface area (Å²) in [6.45, 7) is 6.12. The first-order chi connectivity index (χ1) is 8.42. The van der Waals surface area contributed by atoms with E-state index in [0.717, 1.165) is 5.56 Å². The van der Waals surface area contributed by atoms with E-state index in [1.165, 1.54) is 0 Å². The molecule has 0 aliphatic heterocycles. The summed E-state index contributed by atoms with van der Waals surface area (Å²) in [6, 6.07) is 3.74. The first-order valence-corrected chi connectivity index (χ1v) is 5.77. The van der Waals surface area contributed by atoms with Gasteiger partial charge in [0.1, 0.15) is 0 Å². The van der Waals surface area contributed by atoms with E-state index in [9.17, 15) is 0 Å². The lowest BCUT2D eigenvalue weighted by molar-refractivity contribution is 0.324. The zero-order chi connectivity index (χ0) is 13.8. The molecule has 0 N–H and O–H groups in total. The van der Waals surface area contributed by atoms with Gasteiger partial charge in [-0.15, -0.1) is 0 Å². The summed E-state index contributed by atoms with van der Waals surface area (Å²) in [5.41, 5.74) is 0.739. The summed E-state index contributed by atoms with van der Waals surface area (Å²) in [4.78, 5) is 4.46. The largest absolute Gasteiger partial charge is 0.493 e. The normalized spacial score (nSPS) is 11.7. The Kier molecular flexibility index (Phi) is 4.59. The minimum atomic E-state index is -0.127. The van der Waals surface area contributed by atoms with Crippen LogP contribution in [-0.4, -0.2) is 33.1 Å². The smallest absolute Gasteiger partial charge is 0.203 e. The van der Waals surface area contributed by atoms with E-state index in [1.807, 2.05) is 32.9 Å². The Labute approximate surface area is 109 Å². The summed E-state index contributed by atoms with van der Waals surface area (Å²) < 4.78 is 15.9. The van der Waals surface area contributed by atoms with Crippen molar-refractivity contribution < 1.29 is 14.2 Å². The van der Waals surface area contributed by atoms with Crippen LogP contribution in [0.1, 0.15) is 26.3 Å². The maximum absolute atomic E-state index is 5.38. The predicted octanol–water partition coefficient (Wildman–Crippen LogP) is 2.93. The number of nitrogens with zero attached hydrogens (tertiary/aromatic N) is 1. The Morgan fingerprint density at radius 1 is 0.944 bits per heavy atom. The molecule has 1 aromatic rings. The fraction of sp³-hybridized carbons (Fsp3) is 0.500. The summed E-state index contributed by atoms with van der Waals surface area (Å²) in [7, 11) is 4.79. The lowest BCUT2D eigenvalue weighted by Crippen LogP contribution is -2.10. The van der Waals surface area contributed by atoms with Crippen LogP contribution in [0.5, 0.6) is 17.2 Å². The van der Waals surface area contributed by atoms with Crippen LogP contribution in [0.15, 0.2) is 17.1 Å². The van der Waals surface area contributed by atoms with E-state index in [-0.39, 0.29) is 5.54 Å². The maximum atomic E-state index is 5.38. The third-order valence-electron chi connectivity index (χ3n) is 2.33. The van der Waals surface area contributed by atoms with E-state index in [0.29, 0.717) is 17.2 Å². The second-order valence-electron chi connectivity index (χ2n) is 4.85. The van der Waals surface area contributed by atoms with Crippen LogP contribution in [0, 0.1) is 0 Å². The number of methoxy groups -OCH3 is 3. The van der Waals surface area contributed by atoms with Crippen molar-refractivity contribution in [1.29, 1.82) is 0 Å². The summed E-state index contributed by atoms with van der Waals surface area (Å²) in [5.74, 6) is 1.85. The van der Waals surface area contributed by atoms with Gasteiger partial charge in [-0.3, -0.25) is 4.99 Å². The third kappa shape index (κ3) is 3.39. The van der Waals surface area contributed by atoms with E-state index in [2.05, 4.69) is 4.99 Å². The van der Waals surface area contributed by atoms with Crippen molar-refractivity contribution >= 4 is 6.21 Å². The molecule has 0 saturated carbocycles. The molecule has 0 aromatic heterocycles. The van der Waals surface area contributed by atoms with Crippen molar-refractivity contribution in [3.8, 4) is 17.2 Å². The fourth-order valence-corrected chi connectivity index (χ4v) is 1.49. The Morgan fingerprint density at radius 2 is 1.56 bits per heavy atom. The van der Waals surface area contributed by atoms with Crippen molar-refractivity contribution in [3.05, 3.63) is 17.7 Å². The van der Waals surface area contributed by atoms with Crippen LogP contribution in [0.2, 0.25) is 0 Å². The van der Waals surface area contributed by atoms with Crippen molar-refractivity contribution in [2.45, 2.75) is 26.3 Å². The standard InChI is InChI=1S/C14H21NO3/c1-14(2,3)15-9-10-7-8-11(16-4)13(18-6)12(10)17-5/h7-9H,1-6H3. The zero-order valence-corrected chi connectivity index (χ0v) is 11.9. The van der Waals surface area contributed by atoms with Crippen LogP contribution in [0.3, 0.4) is 0 Å². The third-order valence-corrected chi connectivity index (χ3v) is 2.33. The van der Waals surface area contributed by atoms with Gasteiger partial charge in [-0.25, -0.2) is 0 Å². The molecule has 0 unspecified atom stereocenters. The lowest BCUT2D eigenvalue weighted by Gasteiger charge is -2.15.